The first-order valence-corrected chi connectivity index (χ1v) is 6.50. The quantitative estimate of drug-likeness (QED) is 0.755. The number of rotatable bonds is 3. The number of nitrogens with zero attached hydrogens (tertiary/aromatic N) is 6. The molecule has 7 heteroatoms. The second-order valence-corrected chi connectivity index (χ2v) is 4.76. The van der Waals surface area contributed by atoms with Gasteiger partial charge in [0.15, 0.2) is 11.5 Å². The average molecular weight is 267 g/mol. The highest BCUT2D eigenvalue weighted by Crippen LogP contribution is 2.19. The average Bonchev–Trinajstić information content (AvgIpc) is 3.05. The molecule has 7 nitrogen and oxygen atoms in total. The van der Waals surface area contributed by atoms with Crippen molar-refractivity contribution in [1.82, 2.24) is 35.1 Å². The van der Waals surface area contributed by atoms with E-state index in [-0.39, 0.29) is 0 Å². The Kier molecular flexibility index (Phi) is 2.56. The summed E-state index contributed by atoms with van der Waals surface area (Å²) in [4.78, 5) is 0. The molecule has 1 aliphatic rings. The zero-order chi connectivity index (χ0) is 13.4. The molecule has 3 heterocycles. The largest absolute Gasteiger partial charge is 0.312 e. The second-order valence-electron chi connectivity index (χ2n) is 4.76. The van der Waals surface area contributed by atoms with Crippen LogP contribution in [0.25, 0.3) is 17.2 Å². The number of aromatic nitrogens is 6. The van der Waals surface area contributed by atoms with Crippen LogP contribution in [0, 0.1) is 0 Å². The molecule has 4 rings (SSSR count). The smallest absolute Gasteiger partial charge is 0.190 e. The molecule has 0 atom stereocenters. The minimum absolute atomic E-state index is 0.393. The molecule has 3 aromatic rings. The Hall–Kier alpha value is -2.54. The van der Waals surface area contributed by atoms with Gasteiger partial charge in [-0.05, 0) is 12.1 Å². The molecule has 1 fully saturated rings. The second kappa shape index (κ2) is 4.53. The molecular weight excluding hydrogens is 254 g/mol. The van der Waals surface area contributed by atoms with Gasteiger partial charge in [-0.1, -0.05) is 23.4 Å². The lowest BCUT2D eigenvalue weighted by atomic mass is 10.2. The normalized spacial score (nSPS) is 15.2. The third kappa shape index (κ3) is 1.79. The fourth-order valence-electron chi connectivity index (χ4n) is 2.21. The number of hydrogen-bond donors (Lipinski definition) is 1. The van der Waals surface area contributed by atoms with Crippen LogP contribution in [0.3, 0.4) is 0 Å². The molecule has 1 N–H and O–H groups in total. The Labute approximate surface area is 115 Å². The highest BCUT2D eigenvalue weighted by atomic mass is 15.5. The first-order chi connectivity index (χ1) is 9.92. The van der Waals surface area contributed by atoms with E-state index in [0.717, 1.165) is 24.5 Å². The molecular formula is C13H13N7. The summed E-state index contributed by atoms with van der Waals surface area (Å²) in [5.41, 5.74) is 1.74. The first-order valence-electron chi connectivity index (χ1n) is 6.50. The van der Waals surface area contributed by atoms with Gasteiger partial charge in [-0.2, -0.15) is 0 Å². The zero-order valence-electron chi connectivity index (χ0n) is 10.7. The summed E-state index contributed by atoms with van der Waals surface area (Å²) in [5.74, 6) is 0.703. The van der Waals surface area contributed by atoms with Gasteiger partial charge in [0.2, 0.25) is 0 Å². The number of para-hydroxylation sites is 1. The van der Waals surface area contributed by atoms with Crippen LogP contribution in [-0.2, 0) is 0 Å². The van der Waals surface area contributed by atoms with Gasteiger partial charge in [-0.3, -0.25) is 4.57 Å². The summed E-state index contributed by atoms with van der Waals surface area (Å²) < 4.78 is 3.79. The van der Waals surface area contributed by atoms with Gasteiger partial charge in [-0.15, -0.1) is 15.3 Å². The third-order valence-corrected chi connectivity index (χ3v) is 3.46. The van der Waals surface area contributed by atoms with Crippen LogP contribution in [0.1, 0.15) is 6.04 Å². The highest BCUT2D eigenvalue weighted by Gasteiger charge is 2.21. The topological polar surface area (TPSA) is 73.5 Å². The summed E-state index contributed by atoms with van der Waals surface area (Å²) in [6.07, 6.45) is 3.61. The molecule has 0 spiro atoms. The van der Waals surface area contributed by atoms with E-state index >= 15 is 0 Å². The van der Waals surface area contributed by atoms with Crippen LogP contribution in [0.2, 0.25) is 0 Å². The zero-order valence-corrected chi connectivity index (χ0v) is 10.7. The van der Waals surface area contributed by atoms with Crippen molar-refractivity contribution in [1.29, 1.82) is 0 Å². The van der Waals surface area contributed by atoms with Crippen LogP contribution in [0.15, 0.2) is 42.9 Å². The Morgan fingerprint density at radius 1 is 1.10 bits per heavy atom. The van der Waals surface area contributed by atoms with Crippen molar-refractivity contribution in [3.8, 4) is 17.2 Å². The molecule has 20 heavy (non-hydrogen) atoms. The van der Waals surface area contributed by atoms with Crippen molar-refractivity contribution < 1.29 is 0 Å². The van der Waals surface area contributed by atoms with Crippen molar-refractivity contribution in [2.75, 3.05) is 13.1 Å². The summed E-state index contributed by atoms with van der Waals surface area (Å²) in [6.45, 7) is 1.88. The molecule has 0 unspecified atom stereocenters. The lowest BCUT2D eigenvalue weighted by Crippen LogP contribution is -2.43. The summed E-state index contributed by atoms with van der Waals surface area (Å²) in [7, 11) is 0. The van der Waals surface area contributed by atoms with Gasteiger partial charge in [0.05, 0.1) is 12.2 Å². The SMILES string of the molecule is c1ccc(-n2cnnc2-c2cn(C3CNC3)nn2)cc1. The predicted molar refractivity (Wildman–Crippen MR) is 72.3 cm³/mol. The first kappa shape index (κ1) is 11.3. The fraction of sp³-hybridized carbons (Fsp3) is 0.231. The van der Waals surface area contributed by atoms with Gasteiger partial charge in [0.1, 0.15) is 6.33 Å². The molecule has 1 aromatic carbocycles. The monoisotopic (exact) mass is 267 g/mol. The van der Waals surface area contributed by atoms with E-state index in [9.17, 15) is 0 Å². The molecule has 0 radical (unpaired) electrons. The molecule has 1 saturated heterocycles. The number of benzene rings is 1. The van der Waals surface area contributed by atoms with Crippen molar-refractivity contribution in [2.45, 2.75) is 6.04 Å². The molecule has 0 aliphatic carbocycles. The van der Waals surface area contributed by atoms with E-state index in [2.05, 4.69) is 25.8 Å². The minimum Gasteiger partial charge on any atom is -0.312 e. The van der Waals surface area contributed by atoms with E-state index in [4.69, 9.17) is 0 Å². The maximum Gasteiger partial charge on any atom is 0.190 e. The molecule has 0 amide bonds. The Morgan fingerprint density at radius 2 is 1.95 bits per heavy atom. The minimum atomic E-state index is 0.393. The van der Waals surface area contributed by atoms with Crippen LogP contribution in [-0.4, -0.2) is 42.8 Å². The number of hydrogen-bond acceptors (Lipinski definition) is 5. The Bertz CT molecular complexity index is 711. The predicted octanol–water partition coefficient (Wildman–Crippen LogP) is 0.670. The van der Waals surface area contributed by atoms with E-state index in [1.165, 1.54) is 0 Å². The Balaban J connectivity index is 1.72. The van der Waals surface area contributed by atoms with Gasteiger partial charge in [0.25, 0.3) is 0 Å². The molecule has 2 aromatic heterocycles. The fourth-order valence-corrected chi connectivity index (χ4v) is 2.21. The third-order valence-electron chi connectivity index (χ3n) is 3.46. The van der Waals surface area contributed by atoms with Crippen molar-refractivity contribution in [3.05, 3.63) is 42.9 Å². The summed E-state index contributed by atoms with van der Waals surface area (Å²) >= 11 is 0. The molecule has 1 aliphatic heterocycles. The van der Waals surface area contributed by atoms with E-state index in [1.807, 2.05) is 45.8 Å². The summed E-state index contributed by atoms with van der Waals surface area (Å²) in [5, 5.41) is 19.8. The summed E-state index contributed by atoms with van der Waals surface area (Å²) in [6, 6.07) is 10.4. The molecule has 0 bridgehead atoms. The van der Waals surface area contributed by atoms with Gasteiger partial charge in [-0.25, -0.2) is 4.68 Å². The maximum atomic E-state index is 4.21. The van der Waals surface area contributed by atoms with Crippen LogP contribution in [0.4, 0.5) is 0 Å². The van der Waals surface area contributed by atoms with Crippen LogP contribution < -0.4 is 5.32 Å². The van der Waals surface area contributed by atoms with E-state index in [0.29, 0.717) is 11.9 Å². The van der Waals surface area contributed by atoms with Crippen molar-refractivity contribution >= 4 is 0 Å². The van der Waals surface area contributed by atoms with Crippen molar-refractivity contribution in [2.24, 2.45) is 0 Å². The standard InChI is InChI=1S/C13H13N7/c1-2-4-10(5-3-1)19-9-15-17-13(19)12-8-20(18-16-12)11-6-14-7-11/h1-5,8-9,11,14H,6-7H2. The van der Waals surface area contributed by atoms with Gasteiger partial charge < -0.3 is 5.32 Å². The lowest BCUT2D eigenvalue weighted by molar-refractivity contribution is 0.313. The number of nitrogens with one attached hydrogen (secondary N) is 1. The maximum absolute atomic E-state index is 4.21. The van der Waals surface area contributed by atoms with Crippen LogP contribution in [0.5, 0.6) is 0 Å². The van der Waals surface area contributed by atoms with E-state index in [1.54, 1.807) is 6.33 Å². The lowest BCUT2D eigenvalue weighted by Gasteiger charge is -2.26. The van der Waals surface area contributed by atoms with Crippen molar-refractivity contribution in [3.63, 3.8) is 0 Å². The highest BCUT2D eigenvalue weighted by molar-refractivity contribution is 5.51. The Morgan fingerprint density at radius 3 is 2.70 bits per heavy atom. The molecule has 100 valence electrons. The van der Waals surface area contributed by atoms with Crippen LogP contribution >= 0.6 is 0 Å². The molecule has 0 saturated carbocycles. The van der Waals surface area contributed by atoms with Gasteiger partial charge >= 0.3 is 0 Å². The van der Waals surface area contributed by atoms with E-state index < -0.39 is 0 Å². The van der Waals surface area contributed by atoms with Gasteiger partial charge in [0, 0.05) is 18.8 Å².